The number of rotatable bonds is 3. The van der Waals surface area contributed by atoms with Gasteiger partial charge in [0.05, 0.1) is 0 Å². The number of carbonyl (C=O) groups excluding carboxylic acids is 1. The molecule has 0 unspecified atom stereocenters. The van der Waals surface area contributed by atoms with Crippen molar-refractivity contribution < 1.29 is 4.79 Å². The van der Waals surface area contributed by atoms with Crippen LogP contribution in [-0.4, -0.2) is 18.3 Å². The van der Waals surface area contributed by atoms with Crippen LogP contribution in [0.15, 0.2) is 24.3 Å². The van der Waals surface area contributed by atoms with Crippen molar-refractivity contribution in [2.75, 3.05) is 17.3 Å². The maximum absolute atomic E-state index is 11.5. The molecule has 0 aromatic heterocycles. The summed E-state index contributed by atoms with van der Waals surface area (Å²) in [5, 5.41) is 0. The fourth-order valence-corrected chi connectivity index (χ4v) is 1.48. The first-order valence-corrected chi connectivity index (χ1v) is 5.19. The number of hydrogen-bond donors (Lipinski definition) is 0. The van der Waals surface area contributed by atoms with Crippen molar-refractivity contribution in [2.24, 2.45) is 0 Å². The van der Waals surface area contributed by atoms with E-state index in [0.29, 0.717) is 6.54 Å². The van der Waals surface area contributed by atoms with Gasteiger partial charge in [-0.2, -0.15) is 0 Å². The second kappa shape index (κ2) is 5.43. The molecule has 0 spiro atoms. The van der Waals surface area contributed by atoms with Crippen LogP contribution in [0.25, 0.3) is 0 Å². The number of amides is 1. The monoisotopic (exact) mass is 221 g/mol. The van der Waals surface area contributed by atoms with E-state index in [1.807, 2.05) is 25.1 Å². The zero-order valence-corrected chi connectivity index (χ0v) is 9.29. The highest BCUT2D eigenvalue weighted by molar-refractivity contribution is 6.29. The lowest BCUT2D eigenvalue weighted by Crippen LogP contribution is -2.31. The number of halogens is 1. The van der Waals surface area contributed by atoms with Crippen LogP contribution < -0.4 is 4.90 Å². The van der Waals surface area contributed by atoms with Crippen LogP contribution in [0.5, 0.6) is 0 Å². The highest BCUT2D eigenvalue weighted by Gasteiger charge is 2.12. The molecule has 1 aromatic carbocycles. The lowest BCUT2D eigenvalue weighted by atomic mass is 10.2. The number of benzene rings is 1. The molecule has 0 bridgehead atoms. The van der Waals surface area contributed by atoms with E-state index in [2.05, 4.69) is 5.92 Å². The summed E-state index contributed by atoms with van der Waals surface area (Å²) in [4.78, 5) is 13.1. The first-order chi connectivity index (χ1) is 7.22. The summed E-state index contributed by atoms with van der Waals surface area (Å²) >= 11 is 5.52. The van der Waals surface area contributed by atoms with Crippen LogP contribution >= 0.6 is 11.6 Å². The molecule has 0 aliphatic carbocycles. The van der Waals surface area contributed by atoms with E-state index in [0.717, 1.165) is 11.3 Å². The average Bonchev–Trinajstić information content (AvgIpc) is 2.30. The van der Waals surface area contributed by atoms with E-state index in [4.69, 9.17) is 18.0 Å². The van der Waals surface area contributed by atoms with E-state index >= 15 is 0 Å². The van der Waals surface area contributed by atoms with Gasteiger partial charge in [-0.05, 0) is 25.1 Å². The van der Waals surface area contributed by atoms with Gasteiger partial charge in [0.2, 0.25) is 5.91 Å². The average molecular weight is 222 g/mol. The van der Waals surface area contributed by atoms with Gasteiger partial charge in [-0.25, -0.2) is 0 Å². The van der Waals surface area contributed by atoms with Gasteiger partial charge in [0, 0.05) is 17.8 Å². The minimum atomic E-state index is -0.117. The number of anilines is 1. The largest absolute Gasteiger partial charge is 0.312 e. The Morgan fingerprint density at radius 2 is 2.33 bits per heavy atom. The summed E-state index contributed by atoms with van der Waals surface area (Å²) in [6.07, 6.45) is 5.29. The Hall–Kier alpha value is -1.46. The Balaban J connectivity index is 3.02. The molecular formula is C12H12ClNO. The number of alkyl halides is 1. The molecule has 0 saturated heterocycles. The number of carbonyl (C=O) groups is 1. The second-order valence-electron chi connectivity index (χ2n) is 2.97. The molecule has 15 heavy (non-hydrogen) atoms. The summed E-state index contributed by atoms with van der Waals surface area (Å²) in [5.74, 6) is 2.40. The van der Waals surface area contributed by atoms with Crippen LogP contribution in [-0.2, 0) is 4.79 Å². The van der Waals surface area contributed by atoms with Gasteiger partial charge in [-0.1, -0.05) is 12.0 Å². The first kappa shape index (κ1) is 11.6. The molecule has 0 atom stereocenters. The van der Waals surface area contributed by atoms with Crippen LogP contribution in [0, 0.1) is 12.3 Å². The van der Waals surface area contributed by atoms with Crippen LogP contribution in [0.1, 0.15) is 12.5 Å². The number of nitrogens with zero attached hydrogens (tertiary/aromatic N) is 1. The molecular weight excluding hydrogens is 210 g/mol. The minimum absolute atomic E-state index is 0.0197. The first-order valence-electron chi connectivity index (χ1n) is 4.66. The summed E-state index contributed by atoms with van der Waals surface area (Å²) in [6, 6.07) is 7.29. The number of hydrogen-bond acceptors (Lipinski definition) is 1. The van der Waals surface area contributed by atoms with Crippen LogP contribution in [0.3, 0.4) is 0 Å². The third-order valence-corrected chi connectivity index (χ3v) is 2.28. The Morgan fingerprint density at radius 3 is 2.87 bits per heavy atom. The maximum Gasteiger partial charge on any atom is 0.241 e. The van der Waals surface area contributed by atoms with Gasteiger partial charge in [0.25, 0.3) is 0 Å². The fourth-order valence-electron chi connectivity index (χ4n) is 1.34. The Kier molecular flexibility index (Phi) is 4.20. The van der Waals surface area contributed by atoms with E-state index in [-0.39, 0.29) is 11.8 Å². The third kappa shape index (κ3) is 2.74. The smallest absolute Gasteiger partial charge is 0.241 e. The van der Waals surface area contributed by atoms with Gasteiger partial charge < -0.3 is 4.90 Å². The molecule has 0 aliphatic heterocycles. The van der Waals surface area contributed by atoms with Crippen molar-refractivity contribution in [3.8, 4) is 12.3 Å². The van der Waals surface area contributed by atoms with E-state index in [1.165, 1.54) is 0 Å². The van der Waals surface area contributed by atoms with Crippen molar-refractivity contribution in [1.29, 1.82) is 0 Å². The number of terminal acetylenes is 1. The van der Waals surface area contributed by atoms with Crippen molar-refractivity contribution in [2.45, 2.75) is 6.92 Å². The Labute approximate surface area is 94.8 Å². The van der Waals surface area contributed by atoms with Crippen LogP contribution in [0.2, 0.25) is 0 Å². The Bertz CT molecular complexity index is 395. The summed E-state index contributed by atoms with van der Waals surface area (Å²) in [7, 11) is 0. The molecule has 0 fully saturated rings. The molecule has 78 valence electrons. The van der Waals surface area contributed by atoms with Gasteiger partial charge >= 0.3 is 0 Å². The normalized spacial score (nSPS) is 9.40. The molecule has 0 radical (unpaired) electrons. The molecule has 0 N–H and O–H groups in total. The van der Waals surface area contributed by atoms with Gasteiger partial charge in [-0.15, -0.1) is 18.0 Å². The van der Waals surface area contributed by atoms with Crippen molar-refractivity contribution in [1.82, 2.24) is 0 Å². The van der Waals surface area contributed by atoms with Crippen molar-refractivity contribution in [3.63, 3.8) is 0 Å². The molecule has 0 saturated carbocycles. The van der Waals surface area contributed by atoms with Gasteiger partial charge in [0.15, 0.2) is 0 Å². The highest BCUT2D eigenvalue weighted by atomic mass is 35.5. The molecule has 0 aliphatic rings. The van der Waals surface area contributed by atoms with Crippen molar-refractivity contribution in [3.05, 3.63) is 29.8 Å². The molecule has 1 aromatic rings. The fraction of sp³-hybridized carbons (Fsp3) is 0.250. The minimum Gasteiger partial charge on any atom is -0.312 e. The van der Waals surface area contributed by atoms with Crippen molar-refractivity contribution >= 4 is 23.2 Å². The molecule has 0 heterocycles. The zero-order chi connectivity index (χ0) is 11.3. The van der Waals surface area contributed by atoms with Crippen LogP contribution in [0.4, 0.5) is 5.69 Å². The van der Waals surface area contributed by atoms with E-state index in [1.54, 1.807) is 11.0 Å². The zero-order valence-electron chi connectivity index (χ0n) is 8.53. The topological polar surface area (TPSA) is 20.3 Å². The highest BCUT2D eigenvalue weighted by Crippen LogP contribution is 2.16. The lowest BCUT2D eigenvalue weighted by Gasteiger charge is -2.19. The molecule has 2 nitrogen and oxygen atoms in total. The standard InChI is InChI=1S/C12H12ClNO/c1-3-10-6-5-7-11(8-10)14(4-2)12(15)9-13/h1,5-8H,4,9H2,2H3. The van der Waals surface area contributed by atoms with Gasteiger partial charge in [0.1, 0.15) is 5.88 Å². The summed E-state index contributed by atoms with van der Waals surface area (Å²) in [5.41, 5.74) is 1.55. The maximum atomic E-state index is 11.5. The predicted octanol–water partition coefficient (Wildman–Crippen LogP) is 2.26. The predicted molar refractivity (Wildman–Crippen MR) is 63.1 cm³/mol. The molecule has 1 amide bonds. The lowest BCUT2D eigenvalue weighted by molar-refractivity contribution is -0.116. The van der Waals surface area contributed by atoms with Gasteiger partial charge in [-0.3, -0.25) is 4.79 Å². The Morgan fingerprint density at radius 1 is 1.60 bits per heavy atom. The van der Waals surface area contributed by atoms with E-state index < -0.39 is 0 Å². The summed E-state index contributed by atoms with van der Waals surface area (Å²) in [6.45, 7) is 2.48. The quantitative estimate of drug-likeness (QED) is 0.567. The third-order valence-electron chi connectivity index (χ3n) is 2.06. The molecule has 1 rings (SSSR count). The SMILES string of the molecule is C#Cc1cccc(N(CC)C(=O)CCl)c1. The summed E-state index contributed by atoms with van der Waals surface area (Å²) < 4.78 is 0. The molecule has 3 heteroatoms. The second-order valence-corrected chi connectivity index (χ2v) is 3.23. The van der Waals surface area contributed by atoms with E-state index in [9.17, 15) is 4.79 Å².